The van der Waals surface area contributed by atoms with Crippen molar-refractivity contribution >= 4 is 33.4 Å². The Balaban J connectivity index is 1.70. The number of anilines is 1. The Hall–Kier alpha value is -2.89. The lowest BCUT2D eigenvalue weighted by Gasteiger charge is -2.06. The van der Waals surface area contributed by atoms with E-state index in [2.05, 4.69) is 28.9 Å². The fourth-order valence-corrected chi connectivity index (χ4v) is 3.40. The second-order valence-electron chi connectivity index (χ2n) is 6.18. The van der Waals surface area contributed by atoms with Crippen molar-refractivity contribution in [3.8, 4) is 0 Å². The Morgan fingerprint density at radius 3 is 2.71 bits per heavy atom. The zero-order valence-corrected chi connectivity index (χ0v) is 13.2. The van der Waals surface area contributed by atoms with Gasteiger partial charge in [0.05, 0.1) is 0 Å². The number of benzene rings is 2. The van der Waals surface area contributed by atoms with Crippen molar-refractivity contribution in [2.75, 3.05) is 5.32 Å². The summed E-state index contributed by atoms with van der Waals surface area (Å²) in [4.78, 5) is 22.5. The molecular formula is C18H17N3O3. The van der Waals surface area contributed by atoms with E-state index in [4.69, 9.17) is 0 Å². The van der Waals surface area contributed by atoms with Crippen LogP contribution in [0.2, 0.25) is 0 Å². The average molecular weight is 323 g/mol. The normalized spacial score (nSPS) is 19.5. The maximum Gasteiger partial charge on any atom is 0.234 e. The largest absolute Gasteiger partial charge is 0.341 e. The molecule has 0 unspecified atom stereocenters. The van der Waals surface area contributed by atoms with Gasteiger partial charge in [0, 0.05) is 45.4 Å². The number of para-hydroxylation sites is 1. The highest BCUT2D eigenvalue weighted by molar-refractivity contribution is 6.10. The van der Waals surface area contributed by atoms with E-state index in [0.29, 0.717) is 12.1 Å². The quantitative estimate of drug-likeness (QED) is 0.590. The molecule has 6 heteroatoms. The SMILES string of the molecule is CCn1c2ccccc2c2cc(NC(=O)[C@H]3C[C@@H]3[N+](=O)[O-])ccc21. The molecule has 1 aliphatic rings. The van der Waals surface area contributed by atoms with Crippen LogP contribution in [-0.2, 0) is 11.3 Å². The number of aromatic nitrogens is 1. The Kier molecular flexibility index (Phi) is 3.26. The molecule has 0 bridgehead atoms. The second-order valence-corrected chi connectivity index (χ2v) is 6.18. The molecule has 1 aliphatic carbocycles. The van der Waals surface area contributed by atoms with Crippen molar-refractivity contribution in [2.45, 2.75) is 25.9 Å². The summed E-state index contributed by atoms with van der Waals surface area (Å²) in [5.74, 6) is -0.775. The number of nitrogens with one attached hydrogen (secondary N) is 1. The average Bonchev–Trinajstić information content (AvgIpc) is 3.33. The van der Waals surface area contributed by atoms with Crippen LogP contribution in [0.25, 0.3) is 21.8 Å². The number of aryl methyl sites for hydroxylation is 1. The zero-order valence-electron chi connectivity index (χ0n) is 13.2. The van der Waals surface area contributed by atoms with Gasteiger partial charge in [0.25, 0.3) is 0 Å². The summed E-state index contributed by atoms with van der Waals surface area (Å²) in [5, 5.41) is 15.7. The maximum atomic E-state index is 12.1. The molecule has 122 valence electrons. The number of hydrogen-bond donors (Lipinski definition) is 1. The third-order valence-corrected chi connectivity index (χ3v) is 4.72. The molecule has 1 heterocycles. The van der Waals surface area contributed by atoms with Gasteiger partial charge in [0.2, 0.25) is 11.9 Å². The van der Waals surface area contributed by atoms with Gasteiger partial charge in [-0.3, -0.25) is 14.9 Å². The van der Waals surface area contributed by atoms with E-state index in [9.17, 15) is 14.9 Å². The van der Waals surface area contributed by atoms with Gasteiger partial charge >= 0.3 is 0 Å². The van der Waals surface area contributed by atoms with Crippen molar-refractivity contribution in [2.24, 2.45) is 5.92 Å². The van der Waals surface area contributed by atoms with Gasteiger partial charge in [-0.2, -0.15) is 0 Å². The minimum Gasteiger partial charge on any atom is -0.341 e. The van der Waals surface area contributed by atoms with Gasteiger partial charge in [0.15, 0.2) is 0 Å². The lowest BCUT2D eigenvalue weighted by molar-refractivity contribution is -0.497. The number of hydrogen-bond acceptors (Lipinski definition) is 3. The zero-order chi connectivity index (χ0) is 16.8. The Morgan fingerprint density at radius 1 is 1.25 bits per heavy atom. The molecule has 0 radical (unpaired) electrons. The van der Waals surface area contributed by atoms with Gasteiger partial charge < -0.3 is 9.88 Å². The van der Waals surface area contributed by atoms with Crippen molar-refractivity contribution in [1.29, 1.82) is 0 Å². The number of nitrogens with zero attached hydrogens (tertiary/aromatic N) is 2. The fourth-order valence-electron chi connectivity index (χ4n) is 3.40. The van der Waals surface area contributed by atoms with Crippen LogP contribution in [0.15, 0.2) is 42.5 Å². The Bertz CT molecular complexity index is 976. The first-order chi connectivity index (χ1) is 11.6. The molecule has 3 aromatic rings. The number of fused-ring (bicyclic) bond motifs is 3. The summed E-state index contributed by atoms with van der Waals surface area (Å²) < 4.78 is 2.24. The van der Waals surface area contributed by atoms with Crippen molar-refractivity contribution in [1.82, 2.24) is 4.57 Å². The smallest absolute Gasteiger partial charge is 0.234 e. The van der Waals surface area contributed by atoms with Crippen molar-refractivity contribution in [3.05, 3.63) is 52.6 Å². The number of amides is 1. The first kappa shape index (κ1) is 14.7. The van der Waals surface area contributed by atoms with Crippen LogP contribution >= 0.6 is 0 Å². The summed E-state index contributed by atoms with van der Waals surface area (Å²) in [6, 6.07) is 13.2. The van der Waals surface area contributed by atoms with Crippen molar-refractivity contribution < 1.29 is 9.72 Å². The third kappa shape index (κ3) is 2.22. The van der Waals surface area contributed by atoms with E-state index in [0.717, 1.165) is 28.4 Å². The molecule has 1 amide bonds. The fraction of sp³-hybridized carbons (Fsp3) is 0.278. The highest BCUT2D eigenvalue weighted by Crippen LogP contribution is 2.35. The van der Waals surface area contributed by atoms with Gasteiger partial charge in [-0.25, -0.2) is 0 Å². The van der Waals surface area contributed by atoms with Crippen LogP contribution in [0, 0.1) is 16.0 Å². The first-order valence-corrected chi connectivity index (χ1v) is 8.05. The Morgan fingerprint density at radius 2 is 2.00 bits per heavy atom. The minimum atomic E-state index is -0.726. The molecule has 4 rings (SSSR count). The number of rotatable bonds is 4. The van der Waals surface area contributed by atoms with E-state index < -0.39 is 12.0 Å². The summed E-state index contributed by atoms with van der Waals surface area (Å²) >= 11 is 0. The lowest BCUT2D eigenvalue weighted by Crippen LogP contribution is -2.18. The maximum absolute atomic E-state index is 12.1. The van der Waals surface area contributed by atoms with Crippen molar-refractivity contribution in [3.63, 3.8) is 0 Å². The molecule has 0 aliphatic heterocycles. The highest BCUT2D eigenvalue weighted by atomic mass is 16.6. The molecule has 0 spiro atoms. The number of carbonyl (C=O) groups is 1. The van der Waals surface area contributed by atoms with E-state index in [1.54, 1.807) is 0 Å². The summed E-state index contributed by atoms with van der Waals surface area (Å²) in [6.45, 7) is 2.97. The standard InChI is InChI=1S/C18H17N3O3/c1-2-20-15-6-4-3-5-12(15)13-9-11(7-8-16(13)20)19-18(22)14-10-17(14)21(23)24/h3-9,14,17H,2,10H2,1H3,(H,19,22)/t14-,17-/m0/s1. The lowest BCUT2D eigenvalue weighted by atomic mass is 10.1. The summed E-state index contributed by atoms with van der Waals surface area (Å²) in [7, 11) is 0. The van der Waals surface area contributed by atoms with Gasteiger partial charge in [-0.15, -0.1) is 0 Å². The molecule has 24 heavy (non-hydrogen) atoms. The van der Waals surface area contributed by atoms with E-state index >= 15 is 0 Å². The number of nitro groups is 1. The van der Waals surface area contributed by atoms with E-state index in [1.165, 1.54) is 0 Å². The van der Waals surface area contributed by atoms with Gasteiger partial charge in [0.1, 0.15) is 5.92 Å². The van der Waals surface area contributed by atoms with E-state index in [1.807, 2.05) is 30.3 Å². The van der Waals surface area contributed by atoms with Gasteiger partial charge in [-0.05, 0) is 31.2 Å². The summed E-state index contributed by atoms with van der Waals surface area (Å²) in [5.41, 5.74) is 2.96. The molecule has 1 N–H and O–H groups in total. The van der Waals surface area contributed by atoms with Crippen LogP contribution < -0.4 is 5.32 Å². The Labute approximate surface area is 138 Å². The molecule has 1 fully saturated rings. The van der Waals surface area contributed by atoms with Crippen LogP contribution in [0.3, 0.4) is 0 Å². The molecule has 2 aromatic carbocycles. The monoisotopic (exact) mass is 323 g/mol. The molecule has 1 saturated carbocycles. The minimum absolute atomic E-state index is 0.268. The van der Waals surface area contributed by atoms with Crippen LogP contribution in [0.1, 0.15) is 13.3 Å². The molecule has 2 atom stereocenters. The van der Waals surface area contributed by atoms with Gasteiger partial charge in [-0.1, -0.05) is 18.2 Å². The van der Waals surface area contributed by atoms with Crippen LogP contribution in [0.5, 0.6) is 0 Å². The predicted octanol–water partition coefficient (Wildman–Crippen LogP) is 3.42. The summed E-state index contributed by atoms with van der Waals surface area (Å²) in [6.07, 6.45) is 0.330. The molecule has 0 saturated heterocycles. The second kappa shape index (κ2) is 5.33. The topological polar surface area (TPSA) is 77.2 Å². The predicted molar refractivity (Wildman–Crippen MR) is 92.6 cm³/mol. The highest BCUT2D eigenvalue weighted by Gasteiger charge is 2.53. The third-order valence-electron chi connectivity index (χ3n) is 4.72. The van der Waals surface area contributed by atoms with Crippen LogP contribution in [0.4, 0.5) is 5.69 Å². The molecular weight excluding hydrogens is 306 g/mol. The number of carbonyl (C=O) groups excluding carboxylic acids is 1. The molecule has 6 nitrogen and oxygen atoms in total. The van der Waals surface area contributed by atoms with Crippen LogP contribution in [-0.4, -0.2) is 21.4 Å². The molecule has 1 aromatic heterocycles. The van der Waals surface area contributed by atoms with E-state index in [-0.39, 0.29) is 10.8 Å². The first-order valence-electron chi connectivity index (χ1n) is 8.05.